The maximum Gasteiger partial charge on any atom is 0.264 e. The molecule has 0 aliphatic carbocycles. The molecule has 0 aromatic heterocycles. The summed E-state index contributed by atoms with van der Waals surface area (Å²) in [6.07, 6.45) is 4.73. The van der Waals surface area contributed by atoms with Gasteiger partial charge in [0.05, 0.1) is 6.54 Å². The van der Waals surface area contributed by atoms with E-state index in [1.807, 2.05) is 32.8 Å². The summed E-state index contributed by atoms with van der Waals surface area (Å²) in [5.74, 6) is 0.245. The number of benzene rings is 1. The number of nitrogens with two attached hydrogens (primary N) is 1. The van der Waals surface area contributed by atoms with E-state index >= 15 is 0 Å². The normalized spacial score (nSPS) is 17.9. The van der Waals surface area contributed by atoms with E-state index in [2.05, 4.69) is 15.6 Å². The molecule has 4 rings (SSSR count). The highest BCUT2D eigenvalue weighted by Gasteiger charge is 2.30. The Morgan fingerprint density at radius 2 is 1.88 bits per heavy atom. The molecule has 1 aromatic rings. The van der Waals surface area contributed by atoms with Crippen LogP contribution in [0.1, 0.15) is 62.6 Å². The Bertz CT molecular complexity index is 1100. The molecule has 3 heterocycles. The molecule has 0 radical (unpaired) electrons. The predicted molar refractivity (Wildman–Crippen MR) is 164 cm³/mol. The number of aryl methyl sites for hydroxylation is 1. The number of rotatable bonds is 7. The molecule has 0 saturated carbocycles. The maximum atomic E-state index is 14.2. The molecule has 41 heavy (non-hydrogen) atoms. The third-order valence-electron chi connectivity index (χ3n) is 7.04. The van der Waals surface area contributed by atoms with Crippen molar-refractivity contribution in [3.63, 3.8) is 0 Å². The number of nitrogens with zero attached hydrogens (tertiary/aromatic N) is 3. The van der Waals surface area contributed by atoms with Gasteiger partial charge in [0.1, 0.15) is 5.84 Å². The Labute approximate surface area is 243 Å². The molecule has 1 aromatic carbocycles. The van der Waals surface area contributed by atoms with Crippen LogP contribution in [0.2, 0.25) is 0 Å². The molecule has 0 unspecified atom stereocenters. The fourth-order valence-corrected chi connectivity index (χ4v) is 5.16. The van der Waals surface area contributed by atoms with E-state index < -0.39 is 6.43 Å². The van der Waals surface area contributed by atoms with Gasteiger partial charge in [-0.15, -0.1) is 0 Å². The molecule has 11 heteroatoms. The maximum absolute atomic E-state index is 14.2. The van der Waals surface area contributed by atoms with Crippen LogP contribution in [-0.2, 0) is 16.0 Å². The molecule has 1 saturated heterocycles. The highest BCUT2D eigenvalue weighted by molar-refractivity contribution is 6.12. The standard InChI is InChI=1S/C26H34F2N6O2.C2H7N.C2H6/c1-31-14-18(13-29)20-11-17-3-2-7-34(24(17)12-21(20)25(27)28)26(30)22-15-33(16-35)8-4-23(22)32-19-5-9-36-10-6-19;1-3-2;1-2/h11-14,16,19,25,30,32H,2-10,15,29H2,1H3;3H,1-2H3;1-2H3/b18-13+,30-26?,31-14?;;. The quantitative estimate of drug-likeness (QED) is 0.221. The lowest BCUT2D eigenvalue weighted by molar-refractivity contribution is -0.117. The van der Waals surface area contributed by atoms with Gasteiger partial charge >= 0.3 is 0 Å². The minimum atomic E-state index is -2.71. The smallest absolute Gasteiger partial charge is 0.264 e. The van der Waals surface area contributed by atoms with Crippen LogP contribution in [0.25, 0.3) is 5.57 Å². The summed E-state index contributed by atoms with van der Waals surface area (Å²) in [5.41, 5.74) is 9.56. The highest BCUT2D eigenvalue weighted by atomic mass is 19.3. The number of ether oxygens (including phenoxy) is 1. The van der Waals surface area contributed by atoms with Gasteiger partial charge in [-0.3, -0.25) is 15.2 Å². The number of allylic oxidation sites excluding steroid dienone is 1. The minimum absolute atomic E-state index is 0.141. The second kappa shape index (κ2) is 17.5. The van der Waals surface area contributed by atoms with E-state index in [9.17, 15) is 13.6 Å². The van der Waals surface area contributed by atoms with Gasteiger partial charge in [0, 0.05) is 86.3 Å². The second-order valence-corrected chi connectivity index (χ2v) is 9.80. The number of anilines is 1. The summed E-state index contributed by atoms with van der Waals surface area (Å²) in [6.45, 7) is 6.82. The van der Waals surface area contributed by atoms with Gasteiger partial charge in [-0.1, -0.05) is 13.8 Å². The Balaban J connectivity index is 0.00000110. The lowest BCUT2D eigenvalue weighted by atomic mass is 9.91. The van der Waals surface area contributed by atoms with E-state index in [4.69, 9.17) is 15.9 Å². The van der Waals surface area contributed by atoms with Crippen molar-refractivity contribution in [2.24, 2.45) is 10.7 Å². The van der Waals surface area contributed by atoms with E-state index in [1.165, 1.54) is 18.5 Å². The zero-order chi connectivity index (χ0) is 30.4. The third kappa shape index (κ3) is 8.84. The topological polar surface area (TPSA) is 119 Å². The van der Waals surface area contributed by atoms with E-state index in [0.717, 1.165) is 42.5 Å². The van der Waals surface area contributed by atoms with Crippen LogP contribution in [0.3, 0.4) is 0 Å². The van der Waals surface area contributed by atoms with Crippen molar-refractivity contribution in [1.29, 1.82) is 5.41 Å². The summed E-state index contributed by atoms with van der Waals surface area (Å²) in [4.78, 5) is 19.0. The van der Waals surface area contributed by atoms with Gasteiger partial charge in [-0.25, -0.2) is 8.78 Å². The van der Waals surface area contributed by atoms with Crippen molar-refractivity contribution in [2.75, 3.05) is 58.9 Å². The SMILES string of the molecule is CC.CN=C/C(=C\N)c1cc2c(cc1C(F)F)N(C(=N)C1=C(NC3CCOCC3)CCN(C=O)C1)CCC2.CNC. The number of carbonyl (C=O) groups excluding carboxylic acids is 1. The molecular weight excluding hydrogens is 528 g/mol. The van der Waals surface area contributed by atoms with Gasteiger partial charge in [-0.2, -0.15) is 0 Å². The summed E-state index contributed by atoms with van der Waals surface area (Å²) in [6, 6.07) is 3.50. The number of halogens is 2. The number of fused-ring (bicyclic) bond motifs is 1. The zero-order valence-corrected chi connectivity index (χ0v) is 25.1. The number of amidine groups is 1. The summed E-state index contributed by atoms with van der Waals surface area (Å²) >= 11 is 0. The zero-order valence-electron chi connectivity index (χ0n) is 25.1. The van der Waals surface area contributed by atoms with Crippen LogP contribution >= 0.6 is 0 Å². The lowest BCUT2D eigenvalue weighted by Gasteiger charge is -2.37. The van der Waals surface area contributed by atoms with Crippen LogP contribution in [0.4, 0.5) is 14.5 Å². The van der Waals surface area contributed by atoms with Crippen LogP contribution < -0.4 is 21.3 Å². The molecular formula is C30H47F2N7O2. The van der Waals surface area contributed by atoms with Gasteiger partial charge in [0.15, 0.2) is 0 Å². The molecule has 9 nitrogen and oxygen atoms in total. The molecule has 228 valence electrons. The van der Waals surface area contributed by atoms with Crippen molar-refractivity contribution in [1.82, 2.24) is 15.5 Å². The number of hydrogen-bond acceptors (Lipinski definition) is 7. The van der Waals surface area contributed by atoms with E-state index in [-0.39, 0.29) is 17.4 Å². The van der Waals surface area contributed by atoms with Gasteiger partial charge in [0.25, 0.3) is 6.43 Å². The van der Waals surface area contributed by atoms with Gasteiger partial charge in [-0.05, 0) is 63.0 Å². The Morgan fingerprint density at radius 3 is 2.46 bits per heavy atom. The number of carbonyl (C=O) groups is 1. The first-order valence-corrected chi connectivity index (χ1v) is 14.4. The summed E-state index contributed by atoms with van der Waals surface area (Å²) in [5, 5.41) is 15.5. The first-order valence-electron chi connectivity index (χ1n) is 14.4. The van der Waals surface area contributed by atoms with Crippen molar-refractivity contribution in [3.05, 3.63) is 46.3 Å². The fourth-order valence-electron chi connectivity index (χ4n) is 5.16. The molecule has 0 spiro atoms. The minimum Gasteiger partial charge on any atom is -0.404 e. The molecule has 0 atom stereocenters. The van der Waals surface area contributed by atoms with Crippen molar-refractivity contribution in [2.45, 2.75) is 58.4 Å². The first-order chi connectivity index (χ1) is 19.9. The van der Waals surface area contributed by atoms with Crippen molar-refractivity contribution < 1.29 is 18.3 Å². The molecule has 1 fully saturated rings. The second-order valence-electron chi connectivity index (χ2n) is 9.80. The molecule has 3 aliphatic rings. The number of aliphatic imine (C=N–C) groups is 1. The Hall–Kier alpha value is -3.31. The third-order valence-corrected chi connectivity index (χ3v) is 7.04. The molecule has 1 amide bonds. The average Bonchev–Trinajstić information content (AvgIpc) is 3.00. The van der Waals surface area contributed by atoms with E-state index in [1.54, 1.807) is 18.0 Å². The number of nitrogens with one attached hydrogen (secondary N) is 3. The van der Waals surface area contributed by atoms with Crippen molar-refractivity contribution in [3.8, 4) is 0 Å². The number of hydrogen-bond donors (Lipinski definition) is 4. The molecule has 0 bridgehead atoms. The lowest BCUT2D eigenvalue weighted by Crippen LogP contribution is -2.45. The predicted octanol–water partition coefficient (Wildman–Crippen LogP) is 4.10. The van der Waals surface area contributed by atoms with Crippen LogP contribution in [-0.4, -0.2) is 83.4 Å². The monoisotopic (exact) mass is 575 g/mol. The van der Waals surface area contributed by atoms with Crippen LogP contribution in [0.5, 0.6) is 0 Å². The molecule has 3 aliphatic heterocycles. The van der Waals surface area contributed by atoms with Crippen molar-refractivity contribution >= 4 is 29.7 Å². The van der Waals surface area contributed by atoms with Gasteiger partial charge in [0.2, 0.25) is 6.41 Å². The summed E-state index contributed by atoms with van der Waals surface area (Å²) in [7, 11) is 5.32. The van der Waals surface area contributed by atoms with Crippen LogP contribution in [0.15, 0.2) is 34.6 Å². The van der Waals surface area contributed by atoms with E-state index in [0.29, 0.717) is 62.5 Å². The molecule has 5 N–H and O–H groups in total. The number of alkyl halides is 2. The Kier molecular flexibility index (Phi) is 14.5. The average molecular weight is 576 g/mol. The van der Waals surface area contributed by atoms with Crippen LogP contribution in [0, 0.1) is 5.41 Å². The van der Waals surface area contributed by atoms with Gasteiger partial charge < -0.3 is 30.9 Å². The largest absolute Gasteiger partial charge is 0.404 e. The Morgan fingerprint density at radius 1 is 1.20 bits per heavy atom. The fraction of sp³-hybridized carbons (Fsp3) is 0.567. The summed E-state index contributed by atoms with van der Waals surface area (Å²) < 4.78 is 33.8. The number of amides is 1. The highest BCUT2D eigenvalue weighted by Crippen LogP contribution is 2.37. The first kappa shape index (κ1) is 33.9.